The first-order valence-corrected chi connectivity index (χ1v) is 5.91. The van der Waals surface area contributed by atoms with Crippen LogP contribution in [0.3, 0.4) is 0 Å². The molecule has 0 unspecified atom stereocenters. The van der Waals surface area contributed by atoms with E-state index in [1.807, 2.05) is 24.3 Å². The van der Waals surface area contributed by atoms with E-state index >= 15 is 0 Å². The monoisotopic (exact) mass is 274 g/mol. The van der Waals surface area contributed by atoms with E-state index in [1.165, 1.54) is 0 Å². The van der Waals surface area contributed by atoms with Gasteiger partial charge in [0.25, 0.3) is 11.8 Å². The minimum Gasteiger partial charge on any atom is -0.480 e. The Bertz CT molecular complexity index is 598. The molecule has 0 aliphatic rings. The lowest BCUT2D eigenvalue weighted by atomic mass is 10.1. The number of nitrogens with two attached hydrogens (primary N) is 2. The minimum atomic E-state index is -0.598. The maximum absolute atomic E-state index is 10.8. The van der Waals surface area contributed by atoms with Crippen LogP contribution in [0.25, 0.3) is 10.8 Å². The molecule has 2 aromatic rings. The molecule has 0 spiro atoms. The molecule has 6 nitrogen and oxygen atoms in total. The molecular formula is C14H14N2O4. The van der Waals surface area contributed by atoms with E-state index in [2.05, 4.69) is 0 Å². The van der Waals surface area contributed by atoms with Gasteiger partial charge in [0.05, 0.1) is 0 Å². The zero-order valence-electron chi connectivity index (χ0n) is 10.7. The number of benzene rings is 2. The Labute approximate surface area is 115 Å². The molecule has 0 heterocycles. The summed E-state index contributed by atoms with van der Waals surface area (Å²) in [5, 5.41) is 1.83. The van der Waals surface area contributed by atoms with Crippen molar-refractivity contribution in [2.24, 2.45) is 11.5 Å². The van der Waals surface area contributed by atoms with Crippen molar-refractivity contribution in [1.29, 1.82) is 0 Å². The van der Waals surface area contributed by atoms with Crippen LogP contribution in [0.4, 0.5) is 0 Å². The SMILES string of the molecule is NC(=O)COc1cc2ccccc2cc1OCC(N)=O. The number of ether oxygens (including phenoxy) is 2. The van der Waals surface area contributed by atoms with Crippen molar-refractivity contribution < 1.29 is 19.1 Å². The summed E-state index contributed by atoms with van der Waals surface area (Å²) < 4.78 is 10.6. The van der Waals surface area contributed by atoms with Gasteiger partial charge in [-0.05, 0) is 22.9 Å². The molecule has 0 aliphatic heterocycles. The standard InChI is InChI=1S/C14H14N2O4/c15-13(17)7-19-11-5-9-3-1-2-4-10(9)6-12(11)20-8-14(16)18/h1-6H,7-8H2,(H2,15,17)(H2,16,18). The summed E-state index contributed by atoms with van der Waals surface area (Å²) in [6, 6.07) is 11.0. The topological polar surface area (TPSA) is 105 Å². The third-order valence-electron chi connectivity index (χ3n) is 2.55. The van der Waals surface area contributed by atoms with Crippen LogP contribution in [0.15, 0.2) is 36.4 Å². The Morgan fingerprint density at radius 2 is 1.25 bits per heavy atom. The Hall–Kier alpha value is -2.76. The predicted molar refractivity (Wildman–Crippen MR) is 73.3 cm³/mol. The van der Waals surface area contributed by atoms with Gasteiger partial charge in [-0.3, -0.25) is 9.59 Å². The molecule has 4 N–H and O–H groups in total. The summed E-state index contributed by atoms with van der Waals surface area (Å²) in [7, 11) is 0. The van der Waals surface area contributed by atoms with Crippen molar-refractivity contribution in [1.82, 2.24) is 0 Å². The molecule has 0 aromatic heterocycles. The highest BCUT2D eigenvalue weighted by atomic mass is 16.5. The predicted octanol–water partition coefficient (Wildman–Crippen LogP) is 0.568. The Morgan fingerprint density at radius 1 is 0.850 bits per heavy atom. The second-order valence-electron chi connectivity index (χ2n) is 4.16. The normalized spacial score (nSPS) is 10.2. The second-order valence-corrected chi connectivity index (χ2v) is 4.16. The molecular weight excluding hydrogens is 260 g/mol. The van der Waals surface area contributed by atoms with Crippen LogP contribution in [0.2, 0.25) is 0 Å². The van der Waals surface area contributed by atoms with Crippen LogP contribution in [-0.4, -0.2) is 25.0 Å². The number of fused-ring (bicyclic) bond motifs is 1. The van der Waals surface area contributed by atoms with Crippen molar-refractivity contribution in [2.45, 2.75) is 0 Å². The molecule has 2 aromatic carbocycles. The quantitative estimate of drug-likeness (QED) is 0.803. The van der Waals surface area contributed by atoms with Gasteiger partial charge in [0, 0.05) is 0 Å². The molecule has 0 saturated carbocycles. The summed E-state index contributed by atoms with van der Waals surface area (Å²) in [6.07, 6.45) is 0. The molecule has 0 fully saturated rings. The van der Waals surface area contributed by atoms with E-state index in [0.717, 1.165) is 10.8 Å². The number of hydrogen-bond acceptors (Lipinski definition) is 4. The van der Waals surface area contributed by atoms with Crippen molar-refractivity contribution in [3.8, 4) is 11.5 Å². The fourth-order valence-electron chi connectivity index (χ4n) is 1.72. The average molecular weight is 274 g/mol. The fraction of sp³-hybridized carbons (Fsp3) is 0.143. The Morgan fingerprint density at radius 3 is 1.60 bits per heavy atom. The van der Waals surface area contributed by atoms with Gasteiger partial charge in [0.1, 0.15) is 0 Å². The highest BCUT2D eigenvalue weighted by Gasteiger charge is 2.10. The Kier molecular flexibility index (Phi) is 4.05. The number of carbonyl (C=O) groups excluding carboxylic acids is 2. The minimum absolute atomic E-state index is 0.273. The highest BCUT2D eigenvalue weighted by molar-refractivity contribution is 5.86. The molecule has 0 bridgehead atoms. The van der Waals surface area contributed by atoms with Crippen molar-refractivity contribution in [3.05, 3.63) is 36.4 Å². The lowest BCUT2D eigenvalue weighted by Crippen LogP contribution is -2.22. The third kappa shape index (κ3) is 3.38. The van der Waals surface area contributed by atoms with E-state index in [4.69, 9.17) is 20.9 Å². The number of rotatable bonds is 6. The van der Waals surface area contributed by atoms with Gasteiger partial charge in [0.15, 0.2) is 24.7 Å². The lowest BCUT2D eigenvalue weighted by Gasteiger charge is -2.12. The van der Waals surface area contributed by atoms with Gasteiger partial charge in [-0.1, -0.05) is 24.3 Å². The molecule has 0 aliphatic carbocycles. The summed E-state index contributed by atoms with van der Waals surface area (Å²) >= 11 is 0. The van der Waals surface area contributed by atoms with E-state index < -0.39 is 11.8 Å². The van der Waals surface area contributed by atoms with Crippen LogP contribution in [0.5, 0.6) is 11.5 Å². The first-order chi connectivity index (χ1) is 9.56. The molecule has 2 rings (SSSR count). The molecule has 2 amide bonds. The highest BCUT2D eigenvalue weighted by Crippen LogP contribution is 2.32. The van der Waals surface area contributed by atoms with E-state index in [-0.39, 0.29) is 13.2 Å². The molecule has 0 radical (unpaired) electrons. The largest absolute Gasteiger partial charge is 0.480 e. The average Bonchev–Trinajstić information content (AvgIpc) is 2.42. The maximum atomic E-state index is 10.8. The van der Waals surface area contributed by atoms with Crippen molar-refractivity contribution in [3.63, 3.8) is 0 Å². The van der Waals surface area contributed by atoms with Crippen LogP contribution in [0, 0.1) is 0 Å². The molecule has 104 valence electrons. The number of amides is 2. The Balaban J connectivity index is 2.35. The van der Waals surface area contributed by atoms with Gasteiger partial charge in [-0.25, -0.2) is 0 Å². The van der Waals surface area contributed by atoms with Gasteiger partial charge in [0.2, 0.25) is 0 Å². The second kappa shape index (κ2) is 5.92. The van der Waals surface area contributed by atoms with Crippen LogP contribution >= 0.6 is 0 Å². The lowest BCUT2D eigenvalue weighted by molar-refractivity contribution is -0.121. The van der Waals surface area contributed by atoms with E-state index in [0.29, 0.717) is 11.5 Å². The third-order valence-corrected chi connectivity index (χ3v) is 2.55. The summed E-state index contributed by atoms with van der Waals surface area (Å²) in [6.45, 7) is -0.545. The summed E-state index contributed by atoms with van der Waals surface area (Å²) in [5.41, 5.74) is 10.1. The van der Waals surface area contributed by atoms with Gasteiger partial charge in [-0.2, -0.15) is 0 Å². The molecule has 0 saturated heterocycles. The molecule has 0 atom stereocenters. The van der Waals surface area contributed by atoms with Crippen LogP contribution in [0.1, 0.15) is 0 Å². The first kappa shape index (κ1) is 13.7. The summed E-state index contributed by atoms with van der Waals surface area (Å²) in [4.78, 5) is 21.6. The van der Waals surface area contributed by atoms with Gasteiger partial charge < -0.3 is 20.9 Å². The molecule has 20 heavy (non-hydrogen) atoms. The van der Waals surface area contributed by atoms with E-state index in [1.54, 1.807) is 12.1 Å². The fourth-order valence-corrected chi connectivity index (χ4v) is 1.72. The smallest absolute Gasteiger partial charge is 0.255 e. The summed E-state index contributed by atoms with van der Waals surface area (Å²) in [5.74, 6) is -0.523. The number of hydrogen-bond donors (Lipinski definition) is 2. The molecule has 6 heteroatoms. The zero-order chi connectivity index (χ0) is 14.5. The van der Waals surface area contributed by atoms with Crippen LogP contribution < -0.4 is 20.9 Å². The van der Waals surface area contributed by atoms with Crippen LogP contribution in [-0.2, 0) is 9.59 Å². The number of carbonyl (C=O) groups is 2. The maximum Gasteiger partial charge on any atom is 0.255 e. The van der Waals surface area contributed by atoms with E-state index in [9.17, 15) is 9.59 Å². The van der Waals surface area contributed by atoms with Crippen molar-refractivity contribution in [2.75, 3.05) is 13.2 Å². The zero-order valence-corrected chi connectivity index (χ0v) is 10.7. The van der Waals surface area contributed by atoms with Gasteiger partial charge in [-0.15, -0.1) is 0 Å². The van der Waals surface area contributed by atoms with Crippen molar-refractivity contribution >= 4 is 22.6 Å². The van der Waals surface area contributed by atoms with Gasteiger partial charge >= 0.3 is 0 Å². The number of primary amides is 2. The first-order valence-electron chi connectivity index (χ1n) is 5.91.